The molecular formula is C16H15F2N3O2S. The number of halogens is 2. The Morgan fingerprint density at radius 1 is 1.08 bits per heavy atom. The third-order valence-electron chi connectivity index (χ3n) is 3.71. The molecular weight excluding hydrogens is 336 g/mol. The second-order valence-corrected chi connectivity index (χ2v) is 9.04. The molecule has 5 nitrogen and oxygen atoms in total. The summed E-state index contributed by atoms with van der Waals surface area (Å²) in [5, 5.41) is 4.08. The maximum Gasteiger partial charge on any atom is 0.223 e. The van der Waals surface area contributed by atoms with Crippen molar-refractivity contribution in [1.82, 2.24) is 14.6 Å². The van der Waals surface area contributed by atoms with E-state index in [0.29, 0.717) is 11.1 Å². The van der Waals surface area contributed by atoms with E-state index in [-0.39, 0.29) is 10.5 Å². The summed E-state index contributed by atoms with van der Waals surface area (Å²) < 4.78 is 52.6. The van der Waals surface area contributed by atoms with Crippen LogP contribution in [-0.2, 0) is 9.84 Å². The summed E-state index contributed by atoms with van der Waals surface area (Å²) in [7, 11) is -3.57. The van der Waals surface area contributed by atoms with Gasteiger partial charge in [-0.05, 0) is 45.0 Å². The number of pyridine rings is 2. The Morgan fingerprint density at radius 2 is 1.79 bits per heavy atom. The highest BCUT2D eigenvalue weighted by Gasteiger charge is 2.31. The monoisotopic (exact) mass is 351 g/mol. The van der Waals surface area contributed by atoms with Gasteiger partial charge in [-0.1, -0.05) is 0 Å². The van der Waals surface area contributed by atoms with Gasteiger partial charge < -0.3 is 0 Å². The standard InChI is InChI=1S/C16H15F2N3O2S/c1-16(2,3)24(22,23)10-6-7-21-13(8-10)12(9-19-21)11-4-5-14(17)20-15(11)18/h4-9H,1-3H3. The molecule has 0 bridgehead atoms. The first kappa shape index (κ1) is 16.5. The van der Waals surface area contributed by atoms with Crippen LogP contribution in [-0.4, -0.2) is 27.8 Å². The highest BCUT2D eigenvalue weighted by atomic mass is 32.2. The molecule has 0 aliphatic carbocycles. The van der Waals surface area contributed by atoms with E-state index in [1.165, 1.54) is 35.1 Å². The van der Waals surface area contributed by atoms with Crippen LogP contribution >= 0.6 is 0 Å². The zero-order valence-corrected chi connectivity index (χ0v) is 14.1. The van der Waals surface area contributed by atoms with Gasteiger partial charge in [-0.25, -0.2) is 12.9 Å². The van der Waals surface area contributed by atoms with Crippen LogP contribution in [0.4, 0.5) is 8.78 Å². The molecule has 24 heavy (non-hydrogen) atoms. The van der Waals surface area contributed by atoms with E-state index in [0.717, 1.165) is 6.07 Å². The summed E-state index contributed by atoms with van der Waals surface area (Å²) in [6.45, 7) is 4.81. The van der Waals surface area contributed by atoms with Crippen molar-refractivity contribution in [3.63, 3.8) is 0 Å². The second-order valence-electron chi connectivity index (χ2n) is 6.34. The molecule has 0 spiro atoms. The molecule has 3 rings (SSSR count). The van der Waals surface area contributed by atoms with E-state index in [4.69, 9.17) is 0 Å². The fourth-order valence-electron chi connectivity index (χ4n) is 2.30. The molecule has 3 aromatic heterocycles. The van der Waals surface area contributed by atoms with Crippen molar-refractivity contribution >= 4 is 15.4 Å². The van der Waals surface area contributed by atoms with Crippen LogP contribution in [0.5, 0.6) is 0 Å². The minimum absolute atomic E-state index is 0.0525. The van der Waals surface area contributed by atoms with Crippen molar-refractivity contribution in [2.24, 2.45) is 0 Å². The van der Waals surface area contributed by atoms with Gasteiger partial charge in [0.1, 0.15) is 0 Å². The molecule has 0 atom stereocenters. The molecule has 0 saturated heterocycles. The minimum atomic E-state index is -3.57. The van der Waals surface area contributed by atoms with Crippen LogP contribution in [0.15, 0.2) is 41.6 Å². The van der Waals surface area contributed by atoms with Gasteiger partial charge in [-0.2, -0.15) is 18.9 Å². The number of rotatable bonds is 2. The Morgan fingerprint density at radius 3 is 2.42 bits per heavy atom. The molecule has 0 aliphatic heterocycles. The van der Waals surface area contributed by atoms with Crippen molar-refractivity contribution < 1.29 is 17.2 Å². The summed E-state index contributed by atoms with van der Waals surface area (Å²) in [6, 6.07) is 5.17. The Balaban J connectivity index is 2.24. The van der Waals surface area contributed by atoms with Crippen molar-refractivity contribution in [3.8, 4) is 11.1 Å². The number of sulfone groups is 1. The molecule has 0 aromatic carbocycles. The van der Waals surface area contributed by atoms with E-state index in [1.54, 1.807) is 20.8 Å². The highest BCUT2D eigenvalue weighted by molar-refractivity contribution is 7.92. The van der Waals surface area contributed by atoms with Crippen molar-refractivity contribution in [1.29, 1.82) is 0 Å². The van der Waals surface area contributed by atoms with Crippen LogP contribution < -0.4 is 0 Å². The predicted molar refractivity (Wildman–Crippen MR) is 85.3 cm³/mol. The molecule has 0 saturated carbocycles. The molecule has 3 heterocycles. The fourth-order valence-corrected chi connectivity index (χ4v) is 3.52. The molecule has 126 valence electrons. The maximum atomic E-state index is 14.0. The van der Waals surface area contributed by atoms with Gasteiger partial charge >= 0.3 is 0 Å². The fraction of sp³-hybridized carbons (Fsp3) is 0.250. The van der Waals surface area contributed by atoms with Gasteiger partial charge in [0.25, 0.3) is 0 Å². The average molecular weight is 351 g/mol. The normalized spacial score (nSPS) is 12.7. The number of nitrogens with zero attached hydrogens (tertiary/aromatic N) is 3. The van der Waals surface area contributed by atoms with Gasteiger partial charge in [0.05, 0.1) is 21.4 Å². The molecule has 0 aliphatic rings. The average Bonchev–Trinajstić information content (AvgIpc) is 2.89. The first-order chi connectivity index (χ1) is 11.1. The molecule has 3 aromatic rings. The lowest BCUT2D eigenvalue weighted by Crippen LogP contribution is -2.27. The second kappa shape index (κ2) is 5.34. The number of aromatic nitrogens is 3. The number of hydrogen-bond donors (Lipinski definition) is 0. The van der Waals surface area contributed by atoms with Gasteiger partial charge in [0.2, 0.25) is 11.9 Å². The summed E-state index contributed by atoms with van der Waals surface area (Å²) in [5.74, 6) is -1.90. The molecule has 0 unspecified atom stereocenters. The Hall–Kier alpha value is -2.35. The first-order valence-electron chi connectivity index (χ1n) is 7.16. The highest BCUT2D eigenvalue weighted by Crippen LogP contribution is 2.30. The largest absolute Gasteiger partial charge is 0.240 e. The van der Waals surface area contributed by atoms with E-state index in [9.17, 15) is 17.2 Å². The lowest BCUT2D eigenvalue weighted by Gasteiger charge is -2.19. The summed E-state index contributed by atoms with van der Waals surface area (Å²) in [5.41, 5.74) is 0.787. The maximum absolute atomic E-state index is 14.0. The molecule has 0 N–H and O–H groups in total. The van der Waals surface area contributed by atoms with E-state index in [1.807, 2.05) is 0 Å². The lowest BCUT2D eigenvalue weighted by molar-refractivity contribution is 0.515. The molecule has 0 amide bonds. The van der Waals surface area contributed by atoms with Crippen molar-refractivity contribution in [2.45, 2.75) is 30.4 Å². The zero-order chi connectivity index (χ0) is 17.7. The molecule has 8 heteroatoms. The van der Waals surface area contributed by atoms with Gasteiger partial charge in [-0.15, -0.1) is 0 Å². The first-order valence-corrected chi connectivity index (χ1v) is 8.64. The number of fused-ring (bicyclic) bond motifs is 1. The third-order valence-corrected chi connectivity index (χ3v) is 6.20. The van der Waals surface area contributed by atoms with Gasteiger partial charge in [0, 0.05) is 17.3 Å². The number of hydrogen-bond acceptors (Lipinski definition) is 4. The van der Waals surface area contributed by atoms with E-state index < -0.39 is 26.5 Å². The topological polar surface area (TPSA) is 64.3 Å². The van der Waals surface area contributed by atoms with E-state index >= 15 is 0 Å². The van der Waals surface area contributed by atoms with Crippen LogP contribution in [0, 0.1) is 11.9 Å². The molecule has 0 radical (unpaired) electrons. The Bertz CT molecular complexity index is 1040. The van der Waals surface area contributed by atoms with Gasteiger partial charge in [-0.3, -0.25) is 0 Å². The Kier molecular flexibility index (Phi) is 3.67. The van der Waals surface area contributed by atoms with Gasteiger partial charge in [0.15, 0.2) is 9.84 Å². The van der Waals surface area contributed by atoms with Crippen molar-refractivity contribution in [2.75, 3.05) is 0 Å². The third kappa shape index (κ3) is 2.56. The predicted octanol–water partition coefficient (Wildman–Crippen LogP) is 3.25. The molecule has 0 fully saturated rings. The lowest BCUT2D eigenvalue weighted by atomic mass is 10.1. The smallest absolute Gasteiger partial charge is 0.223 e. The summed E-state index contributed by atoms with van der Waals surface area (Å²) in [4.78, 5) is 3.27. The summed E-state index contributed by atoms with van der Waals surface area (Å²) in [6.07, 6.45) is 2.88. The van der Waals surface area contributed by atoms with Crippen LogP contribution in [0.25, 0.3) is 16.6 Å². The Labute approximate surface area is 137 Å². The zero-order valence-electron chi connectivity index (χ0n) is 13.3. The SMILES string of the molecule is CC(C)(C)S(=O)(=O)c1ccn2ncc(-c3ccc(F)nc3F)c2c1. The quantitative estimate of drug-likeness (QED) is 0.665. The van der Waals surface area contributed by atoms with E-state index in [2.05, 4.69) is 10.1 Å². The minimum Gasteiger partial charge on any atom is -0.240 e. The van der Waals surface area contributed by atoms with Crippen LogP contribution in [0.3, 0.4) is 0 Å². The van der Waals surface area contributed by atoms with Crippen LogP contribution in [0.2, 0.25) is 0 Å². The van der Waals surface area contributed by atoms with Crippen LogP contribution in [0.1, 0.15) is 20.8 Å². The summed E-state index contributed by atoms with van der Waals surface area (Å²) >= 11 is 0. The van der Waals surface area contributed by atoms with Crippen molar-refractivity contribution in [3.05, 3.63) is 48.6 Å².